The van der Waals surface area contributed by atoms with Crippen LogP contribution in [0.2, 0.25) is 0 Å². The molecule has 2 aromatic rings. The maximum atomic E-state index is 4.29. The Morgan fingerprint density at radius 3 is 2.86 bits per heavy atom. The summed E-state index contributed by atoms with van der Waals surface area (Å²) < 4.78 is 0. The molecule has 0 aromatic carbocycles. The van der Waals surface area contributed by atoms with Gasteiger partial charge in [-0.15, -0.1) is 0 Å². The largest absolute Gasteiger partial charge is 0.262 e. The zero-order valence-corrected chi connectivity index (χ0v) is 8.57. The molecule has 2 heteroatoms. The van der Waals surface area contributed by atoms with Crippen molar-refractivity contribution >= 4 is 10.9 Å². The van der Waals surface area contributed by atoms with Crippen molar-refractivity contribution in [2.24, 2.45) is 5.92 Å². The Morgan fingerprint density at radius 2 is 2.07 bits per heavy atom. The van der Waals surface area contributed by atoms with Crippen LogP contribution in [0.1, 0.15) is 19.4 Å². The number of pyridine rings is 2. The summed E-state index contributed by atoms with van der Waals surface area (Å²) in [5.41, 5.74) is 2.36. The first kappa shape index (κ1) is 9.13. The van der Waals surface area contributed by atoms with Crippen LogP contribution in [0.3, 0.4) is 0 Å². The van der Waals surface area contributed by atoms with E-state index in [1.807, 2.05) is 24.7 Å². The normalized spacial score (nSPS) is 11.1. The van der Waals surface area contributed by atoms with Crippen LogP contribution < -0.4 is 0 Å². The van der Waals surface area contributed by atoms with Crippen molar-refractivity contribution < 1.29 is 0 Å². The minimum Gasteiger partial charge on any atom is -0.262 e. The molecule has 0 aliphatic carbocycles. The Morgan fingerprint density at radius 1 is 1.21 bits per heavy atom. The average Bonchev–Trinajstić information content (AvgIpc) is 2.18. The maximum Gasteiger partial charge on any atom is 0.0887 e. The average molecular weight is 186 g/mol. The third kappa shape index (κ3) is 1.74. The predicted octanol–water partition coefficient (Wildman–Crippen LogP) is 2.83. The van der Waals surface area contributed by atoms with Crippen LogP contribution in [0.15, 0.2) is 30.7 Å². The smallest absolute Gasteiger partial charge is 0.0887 e. The van der Waals surface area contributed by atoms with E-state index in [2.05, 4.69) is 29.9 Å². The van der Waals surface area contributed by atoms with Crippen molar-refractivity contribution in [3.8, 4) is 0 Å². The van der Waals surface area contributed by atoms with E-state index >= 15 is 0 Å². The van der Waals surface area contributed by atoms with Crippen molar-refractivity contribution in [1.29, 1.82) is 0 Å². The van der Waals surface area contributed by atoms with E-state index in [0.717, 1.165) is 11.9 Å². The number of aromatic nitrogens is 2. The first-order valence-corrected chi connectivity index (χ1v) is 4.95. The molecule has 2 rings (SSSR count). The van der Waals surface area contributed by atoms with Gasteiger partial charge in [0.1, 0.15) is 0 Å². The van der Waals surface area contributed by atoms with Gasteiger partial charge < -0.3 is 0 Å². The predicted molar refractivity (Wildman–Crippen MR) is 58.1 cm³/mol. The Kier molecular flexibility index (Phi) is 2.44. The van der Waals surface area contributed by atoms with Gasteiger partial charge in [-0.3, -0.25) is 9.97 Å². The second kappa shape index (κ2) is 3.74. The third-order valence-corrected chi connectivity index (χ3v) is 2.26. The van der Waals surface area contributed by atoms with Crippen molar-refractivity contribution in [1.82, 2.24) is 9.97 Å². The Labute approximate surface area is 84.0 Å². The van der Waals surface area contributed by atoms with E-state index in [9.17, 15) is 0 Å². The molecule has 0 amide bonds. The molecule has 2 aromatic heterocycles. The molecule has 0 aliphatic heterocycles. The van der Waals surface area contributed by atoms with Gasteiger partial charge in [-0.1, -0.05) is 13.8 Å². The number of hydrogen-bond acceptors (Lipinski definition) is 2. The fourth-order valence-electron chi connectivity index (χ4n) is 1.68. The van der Waals surface area contributed by atoms with Gasteiger partial charge in [0.05, 0.1) is 11.7 Å². The van der Waals surface area contributed by atoms with E-state index < -0.39 is 0 Å². The van der Waals surface area contributed by atoms with Gasteiger partial charge in [-0.25, -0.2) is 0 Å². The monoisotopic (exact) mass is 186 g/mol. The van der Waals surface area contributed by atoms with E-state index in [0.29, 0.717) is 5.92 Å². The Hall–Kier alpha value is -1.44. The third-order valence-electron chi connectivity index (χ3n) is 2.26. The van der Waals surface area contributed by atoms with Gasteiger partial charge in [-0.2, -0.15) is 0 Å². The van der Waals surface area contributed by atoms with E-state index in [4.69, 9.17) is 0 Å². The summed E-state index contributed by atoms with van der Waals surface area (Å²) >= 11 is 0. The lowest BCUT2D eigenvalue weighted by atomic mass is 10.0. The van der Waals surface area contributed by atoms with Crippen molar-refractivity contribution in [2.75, 3.05) is 0 Å². The highest BCUT2D eigenvalue weighted by atomic mass is 14.7. The molecule has 0 aliphatic rings. The lowest BCUT2D eigenvalue weighted by molar-refractivity contribution is 0.650. The van der Waals surface area contributed by atoms with Crippen LogP contribution in [0.4, 0.5) is 0 Å². The number of nitrogens with zero attached hydrogens (tertiary/aromatic N) is 2. The molecule has 0 fully saturated rings. The fourth-order valence-corrected chi connectivity index (χ4v) is 1.68. The second-order valence-electron chi connectivity index (χ2n) is 3.96. The summed E-state index contributed by atoms with van der Waals surface area (Å²) in [6.07, 6.45) is 6.61. The first-order valence-electron chi connectivity index (χ1n) is 4.95. The van der Waals surface area contributed by atoms with Gasteiger partial charge in [0.25, 0.3) is 0 Å². The standard InChI is InChI=1S/C12H14N2/c1-9(2)7-10-3-6-14-12-8-13-5-4-11(10)12/h3-6,8-9H,7H2,1-2H3. The molecular formula is C12H14N2. The molecule has 0 saturated heterocycles. The molecular weight excluding hydrogens is 172 g/mol. The molecule has 2 nitrogen and oxygen atoms in total. The van der Waals surface area contributed by atoms with Gasteiger partial charge in [0, 0.05) is 17.8 Å². The van der Waals surface area contributed by atoms with Gasteiger partial charge in [0.2, 0.25) is 0 Å². The molecule has 0 atom stereocenters. The van der Waals surface area contributed by atoms with Crippen LogP contribution in [0.25, 0.3) is 10.9 Å². The second-order valence-corrected chi connectivity index (χ2v) is 3.96. The first-order chi connectivity index (χ1) is 6.77. The number of hydrogen-bond donors (Lipinski definition) is 0. The van der Waals surface area contributed by atoms with Gasteiger partial charge in [0.15, 0.2) is 0 Å². The Balaban J connectivity index is 2.53. The topological polar surface area (TPSA) is 25.8 Å². The molecule has 72 valence electrons. The van der Waals surface area contributed by atoms with Crippen molar-refractivity contribution in [2.45, 2.75) is 20.3 Å². The lowest BCUT2D eigenvalue weighted by Gasteiger charge is -2.07. The lowest BCUT2D eigenvalue weighted by Crippen LogP contribution is -1.96. The van der Waals surface area contributed by atoms with Crippen molar-refractivity contribution in [3.05, 3.63) is 36.3 Å². The van der Waals surface area contributed by atoms with Crippen LogP contribution in [-0.2, 0) is 6.42 Å². The fraction of sp³-hybridized carbons (Fsp3) is 0.333. The van der Waals surface area contributed by atoms with Crippen LogP contribution in [0, 0.1) is 5.92 Å². The van der Waals surface area contributed by atoms with E-state index in [1.165, 1.54) is 10.9 Å². The summed E-state index contributed by atoms with van der Waals surface area (Å²) in [7, 11) is 0. The highest BCUT2D eigenvalue weighted by Gasteiger charge is 2.03. The molecule has 0 unspecified atom stereocenters. The molecule has 2 heterocycles. The van der Waals surface area contributed by atoms with Crippen LogP contribution in [0.5, 0.6) is 0 Å². The highest BCUT2D eigenvalue weighted by molar-refractivity contribution is 5.80. The van der Waals surface area contributed by atoms with E-state index in [1.54, 1.807) is 0 Å². The molecule has 0 spiro atoms. The quantitative estimate of drug-likeness (QED) is 0.720. The highest BCUT2D eigenvalue weighted by Crippen LogP contribution is 2.17. The molecule has 0 radical (unpaired) electrons. The molecule has 0 saturated carbocycles. The summed E-state index contributed by atoms with van der Waals surface area (Å²) in [5.74, 6) is 0.675. The number of rotatable bonds is 2. The number of fused-ring (bicyclic) bond motifs is 1. The minimum atomic E-state index is 0.675. The van der Waals surface area contributed by atoms with Crippen LogP contribution in [-0.4, -0.2) is 9.97 Å². The summed E-state index contributed by atoms with van der Waals surface area (Å²) in [5, 5.41) is 1.23. The summed E-state index contributed by atoms with van der Waals surface area (Å²) in [6.45, 7) is 4.46. The zero-order valence-electron chi connectivity index (χ0n) is 8.57. The SMILES string of the molecule is CC(C)Cc1ccnc2cnccc12. The molecule has 14 heavy (non-hydrogen) atoms. The van der Waals surface area contributed by atoms with E-state index in [-0.39, 0.29) is 0 Å². The van der Waals surface area contributed by atoms with Crippen LogP contribution >= 0.6 is 0 Å². The minimum absolute atomic E-state index is 0.675. The van der Waals surface area contributed by atoms with Crippen molar-refractivity contribution in [3.63, 3.8) is 0 Å². The summed E-state index contributed by atoms with van der Waals surface area (Å²) in [6, 6.07) is 4.14. The summed E-state index contributed by atoms with van der Waals surface area (Å²) in [4.78, 5) is 8.36. The molecule has 0 bridgehead atoms. The van der Waals surface area contributed by atoms with Gasteiger partial charge in [-0.05, 0) is 30.0 Å². The van der Waals surface area contributed by atoms with Gasteiger partial charge >= 0.3 is 0 Å². The zero-order chi connectivity index (χ0) is 9.97. The maximum absolute atomic E-state index is 4.29. The molecule has 0 N–H and O–H groups in total. The Bertz CT molecular complexity index is 430.